The van der Waals surface area contributed by atoms with Crippen LogP contribution in [-0.4, -0.2) is 32.8 Å². The fourth-order valence-electron chi connectivity index (χ4n) is 2.60. The molecule has 140 valence electrons. The maximum absolute atomic E-state index is 12.6. The molecule has 0 atom stereocenters. The minimum Gasteiger partial charge on any atom is -0.491 e. The van der Waals surface area contributed by atoms with Crippen LogP contribution in [0.5, 0.6) is 5.75 Å². The van der Waals surface area contributed by atoms with Gasteiger partial charge in [0.2, 0.25) is 5.91 Å². The van der Waals surface area contributed by atoms with Gasteiger partial charge in [-0.3, -0.25) is 9.59 Å². The van der Waals surface area contributed by atoms with Crippen molar-refractivity contribution in [1.29, 1.82) is 0 Å². The van der Waals surface area contributed by atoms with Gasteiger partial charge in [0, 0.05) is 25.4 Å². The molecule has 0 radical (unpaired) electrons. The van der Waals surface area contributed by atoms with E-state index in [-0.39, 0.29) is 11.6 Å². The number of amides is 2. The molecule has 0 aliphatic heterocycles. The Labute approximate surface area is 156 Å². The first-order valence-electron chi connectivity index (χ1n) is 8.70. The predicted molar refractivity (Wildman–Crippen MR) is 102 cm³/mol. The van der Waals surface area contributed by atoms with Crippen molar-refractivity contribution in [3.8, 4) is 5.75 Å². The summed E-state index contributed by atoms with van der Waals surface area (Å²) in [5, 5.41) is 5.39. The Hall–Kier alpha value is -3.42. The SMILES string of the molecule is CCOc1cc2nc(CC)cn2cc1NC(=O)c1cccc(NC(C)=O)n1. The third kappa shape index (κ3) is 4.22. The smallest absolute Gasteiger partial charge is 0.274 e. The molecule has 0 saturated carbocycles. The number of carbonyl (C=O) groups excluding carboxylic acids is 2. The fourth-order valence-corrected chi connectivity index (χ4v) is 2.60. The van der Waals surface area contributed by atoms with Crippen LogP contribution in [0.4, 0.5) is 11.5 Å². The highest BCUT2D eigenvalue weighted by molar-refractivity contribution is 6.04. The van der Waals surface area contributed by atoms with Crippen LogP contribution in [-0.2, 0) is 11.2 Å². The van der Waals surface area contributed by atoms with Crippen LogP contribution in [0.25, 0.3) is 5.65 Å². The van der Waals surface area contributed by atoms with E-state index >= 15 is 0 Å². The van der Waals surface area contributed by atoms with Crippen molar-refractivity contribution in [2.45, 2.75) is 27.2 Å². The number of carbonyl (C=O) groups is 2. The highest BCUT2D eigenvalue weighted by Gasteiger charge is 2.14. The molecule has 0 saturated heterocycles. The Kier molecular flexibility index (Phi) is 5.35. The van der Waals surface area contributed by atoms with Crippen LogP contribution in [0.2, 0.25) is 0 Å². The van der Waals surface area contributed by atoms with Crippen LogP contribution in [0.1, 0.15) is 37.0 Å². The molecular weight excluding hydrogens is 346 g/mol. The van der Waals surface area contributed by atoms with E-state index in [4.69, 9.17) is 4.74 Å². The first kappa shape index (κ1) is 18.4. The molecule has 3 aromatic heterocycles. The van der Waals surface area contributed by atoms with E-state index in [1.165, 1.54) is 6.92 Å². The zero-order valence-corrected chi connectivity index (χ0v) is 15.4. The van der Waals surface area contributed by atoms with E-state index in [9.17, 15) is 9.59 Å². The third-order valence-corrected chi connectivity index (χ3v) is 3.80. The van der Waals surface area contributed by atoms with Crippen LogP contribution >= 0.6 is 0 Å². The minimum atomic E-state index is -0.404. The van der Waals surface area contributed by atoms with Crippen molar-refractivity contribution in [3.05, 3.63) is 48.0 Å². The molecule has 8 heteroatoms. The van der Waals surface area contributed by atoms with E-state index in [2.05, 4.69) is 20.6 Å². The van der Waals surface area contributed by atoms with Gasteiger partial charge in [-0.1, -0.05) is 13.0 Å². The quantitative estimate of drug-likeness (QED) is 0.698. The summed E-state index contributed by atoms with van der Waals surface area (Å²) in [5.74, 6) is 0.191. The molecule has 0 fully saturated rings. The lowest BCUT2D eigenvalue weighted by Crippen LogP contribution is -2.16. The number of hydrogen-bond donors (Lipinski definition) is 2. The third-order valence-electron chi connectivity index (χ3n) is 3.80. The Balaban J connectivity index is 1.91. The lowest BCUT2D eigenvalue weighted by atomic mass is 10.3. The van der Waals surface area contributed by atoms with Crippen molar-refractivity contribution in [1.82, 2.24) is 14.4 Å². The van der Waals surface area contributed by atoms with E-state index in [1.807, 2.05) is 24.4 Å². The van der Waals surface area contributed by atoms with E-state index in [0.717, 1.165) is 17.8 Å². The molecule has 8 nitrogen and oxygen atoms in total. The van der Waals surface area contributed by atoms with Crippen LogP contribution < -0.4 is 15.4 Å². The molecule has 0 bridgehead atoms. The second kappa shape index (κ2) is 7.86. The maximum atomic E-state index is 12.6. The van der Waals surface area contributed by atoms with Gasteiger partial charge in [0.15, 0.2) is 0 Å². The van der Waals surface area contributed by atoms with E-state index in [1.54, 1.807) is 30.5 Å². The van der Waals surface area contributed by atoms with E-state index < -0.39 is 5.91 Å². The molecule has 0 aromatic carbocycles. The second-order valence-electron chi connectivity index (χ2n) is 5.88. The van der Waals surface area contributed by atoms with Gasteiger partial charge in [-0.2, -0.15) is 0 Å². The summed E-state index contributed by atoms with van der Waals surface area (Å²) in [5.41, 5.74) is 2.40. The number of aryl methyl sites for hydroxylation is 1. The molecule has 2 amide bonds. The number of hydrogen-bond acceptors (Lipinski definition) is 5. The Bertz CT molecular complexity index is 996. The summed E-state index contributed by atoms with van der Waals surface area (Å²) in [6.07, 6.45) is 4.49. The number of anilines is 2. The van der Waals surface area contributed by atoms with Gasteiger partial charge in [0.1, 0.15) is 28.6 Å². The molecule has 3 aromatic rings. The van der Waals surface area contributed by atoms with Crippen molar-refractivity contribution in [3.63, 3.8) is 0 Å². The highest BCUT2D eigenvalue weighted by atomic mass is 16.5. The van der Waals surface area contributed by atoms with Crippen molar-refractivity contribution < 1.29 is 14.3 Å². The normalized spacial score (nSPS) is 10.6. The molecular formula is C19H21N5O3. The number of pyridine rings is 2. The van der Waals surface area contributed by atoms with Gasteiger partial charge < -0.3 is 19.8 Å². The zero-order chi connectivity index (χ0) is 19.4. The van der Waals surface area contributed by atoms with Gasteiger partial charge in [-0.15, -0.1) is 0 Å². The average molecular weight is 367 g/mol. The van der Waals surface area contributed by atoms with E-state index in [0.29, 0.717) is 23.9 Å². The molecule has 27 heavy (non-hydrogen) atoms. The topological polar surface area (TPSA) is 97.6 Å². The number of imidazole rings is 1. The highest BCUT2D eigenvalue weighted by Crippen LogP contribution is 2.27. The number of nitrogens with one attached hydrogen (secondary N) is 2. The monoisotopic (exact) mass is 367 g/mol. The summed E-state index contributed by atoms with van der Waals surface area (Å²) in [6, 6.07) is 6.64. The molecule has 0 aliphatic carbocycles. The Morgan fingerprint density at radius 3 is 2.67 bits per heavy atom. The predicted octanol–water partition coefficient (Wildman–Crippen LogP) is 2.90. The minimum absolute atomic E-state index is 0.184. The largest absolute Gasteiger partial charge is 0.491 e. The number of ether oxygens (including phenoxy) is 1. The molecule has 0 spiro atoms. The molecule has 0 aliphatic rings. The number of aromatic nitrogens is 3. The lowest BCUT2D eigenvalue weighted by Gasteiger charge is -2.12. The van der Waals surface area contributed by atoms with Crippen LogP contribution in [0, 0.1) is 0 Å². The van der Waals surface area contributed by atoms with Gasteiger partial charge >= 0.3 is 0 Å². The van der Waals surface area contributed by atoms with Crippen molar-refractivity contribution in [2.24, 2.45) is 0 Å². The number of nitrogens with zero attached hydrogens (tertiary/aromatic N) is 3. The molecule has 2 N–H and O–H groups in total. The molecule has 3 rings (SSSR count). The standard InChI is InChI=1S/C19H21N5O3/c1-4-13-10-24-11-15(16(27-5-2)9-18(24)21-13)23-19(26)14-7-6-8-17(22-14)20-12(3)25/h6-11H,4-5H2,1-3H3,(H,23,26)(H,20,22,25). The molecule has 3 heterocycles. The summed E-state index contributed by atoms with van der Waals surface area (Å²) in [7, 11) is 0. The fraction of sp³-hybridized carbons (Fsp3) is 0.263. The van der Waals surface area contributed by atoms with Gasteiger partial charge in [0.05, 0.1) is 12.3 Å². The first-order valence-corrected chi connectivity index (χ1v) is 8.70. The van der Waals surface area contributed by atoms with Gasteiger partial charge in [0.25, 0.3) is 5.91 Å². The van der Waals surface area contributed by atoms with Crippen molar-refractivity contribution >= 4 is 29.0 Å². The second-order valence-corrected chi connectivity index (χ2v) is 5.88. The number of rotatable bonds is 6. The summed E-state index contributed by atoms with van der Waals surface area (Å²) in [4.78, 5) is 32.5. The maximum Gasteiger partial charge on any atom is 0.274 e. The van der Waals surface area contributed by atoms with Gasteiger partial charge in [-0.25, -0.2) is 9.97 Å². The zero-order valence-electron chi connectivity index (χ0n) is 15.4. The van der Waals surface area contributed by atoms with Crippen LogP contribution in [0.15, 0.2) is 36.7 Å². The molecule has 0 unspecified atom stereocenters. The average Bonchev–Trinajstić information content (AvgIpc) is 3.03. The Morgan fingerprint density at radius 1 is 1.15 bits per heavy atom. The summed E-state index contributed by atoms with van der Waals surface area (Å²) in [6.45, 7) is 5.74. The first-order chi connectivity index (χ1) is 13.0. The van der Waals surface area contributed by atoms with Crippen LogP contribution in [0.3, 0.4) is 0 Å². The summed E-state index contributed by atoms with van der Waals surface area (Å²) < 4.78 is 7.50. The number of fused-ring (bicyclic) bond motifs is 1. The van der Waals surface area contributed by atoms with Crippen molar-refractivity contribution in [2.75, 3.05) is 17.2 Å². The van der Waals surface area contributed by atoms with Gasteiger partial charge in [-0.05, 0) is 25.5 Å². The lowest BCUT2D eigenvalue weighted by molar-refractivity contribution is -0.114. The Morgan fingerprint density at radius 2 is 1.96 bits per heavy atom. The summed E-state index contributed by atoms with van der Waals surface area (Å²) >= 11 is 0.